The summed E-state index contributed by atoms with van der Waals surface area (Å²) in [7, 11) is 0. The molecule has 14 heavy (non-hydrogen) atoms. The maximum absolute atomic E-state index is 9.67. The highest BCUT2D eigenvalue weighted by molar-refractivity contribution is 4.97. The third-order valence-corrected chi connectivity index (χ3v) is 4.69. The van der Waals surface area contributed by atoms with Crippen LogP contribution in [0, 0.1) is 17.3 Å². The maximum atomic E-state index is 9.67. The normalized spacial score (nSPS) is 43.3. The molecule has 2 aliphatic rings. The van der Waals surface area contributed by atoms with E-state index in [0.717, 1.165) is 12.8 Å². The predicted octanol–water partition coefficient (Wildman–Crippen LogP) is 1.95. The third kappa shape index (κ3) is 1.49. The molecule has 0 amide bonds. The standard InChI is InChI=1S/C12H22O2/c13-8-11-6-3-5-10-4-1-2-7-12(10,11)9-14/h10-11,13-14H,1-9H2. The predicted molar refractivity (Wildman–Crippen MR) is 55.9 cm³/mol. The van der Waals surface area contributed by atoms with Crippen LogP contribution in [0.5, 0.6) is 0 Å². The van der Waals surface area contributed by atoms with Crippen LogP contribution in [-0.2, 0) is 0 Å². The number of rotatable bonds is 2. The fourth-order valence-corrected chi connectivity index (χ4v) is 3.81. The van der Waals surface area contributed by atoms with E-state index in [2.05, 4.69) is 0 Å². The van der Waals surface area contributed by atoms with Crippen LogP contribution >= 0.6 is 0 Å². The number of aliphatic hydroxyl groups is 2. The lowest BCUT2D eigenvalue weighted by Crippen LogP contribution is -2.47. The molecule has 2 heteroatoms. The minimum atomic E-state index is 0.0885. The first-order valence-corrected chi connectivity index (χ1v) is 6.05. The van der Waals surface area contributed by atoms with Gasteiger partial charge in [0.25, 0.3) is 0 Å². The highest BCUT2D eigenvalue weighted by Crippen LogP contribution is 2.53. The van der Waals surface area contributed by atoms with Gasteiger partial charge in [0.15, 0.2) is 0 Å². The van der Waals surface area contributed by atoms with Crippen LogP contribution in [0.1, 0.15) is 44.9 Å². The maximum Gasteiger partial charge on any atom is 0.0493 e. The molecule has 0 bridgehead atoms. The molecule has 0 saturated heterocycles. The Balaban J connectivity index is 2.19. The minimum absolute atomic E-state index is 0.0885. The summed E-state index contributed by atoms with van der Waals surface area (Å²) < 4.78 is 0. The van der Waals surface area contributed by atoms with Crippen molar-refractivity contribution in [1.82, 2.24) is 0 Å². The first kappa shape index (κ1) is 10.4. The molecule has 0 aromatic carbocycles. The van der Waals surface area contributed by atoms with Crippen LogP contribution in [0.3, 0.4) is 0 Å². The average Bonchev–Trinajstić information content (AvgIpc) is 2.27. The lowest BCUT2D eigenvalue weighted by atomic mass is 9.55. The van der Waals surface area contributed by atoms with E-state index in [-0.39, 0.29) is 12.0 Å². The molecule has 2 aliphatic carbocycles. The Morgan fingerprint density at radius 3 is 2.50 bits per heavy atom. The molecule has 2 saturated carbocycles. The van der Waals surface area contributed by atoms with Crippen molar-refractivity contribution in [2.24, 2.45) is 17.3 Å². The van der Waals surface area contributed by atoms with Crippen molar-refractivity contribution < 1.29 is 10.2 Å². The molecule has 0 aromatic heterocycles. The summed E-state index contributed by atoms with van der Waals surface area (Å²) in [5.74, 6) is 1.05. The van der Waals surface area contributed by atoms with Crippen LogP contribution in [0.15, 0.2) is 0 Å². The summed E-state index contributed by atoms with van der Waals surface area (Å²) in [6.07, 6.45) is 8.62. The van der Waals surface area contributed by atoms with E-state index >= 15 is 0 Å². The molecule has 3 unspecified atom stereocenters. The number of hydrogen-bond acceptors (Lipinski definition) is 2. The van der Waals surface area contributed by atoms with Crippen molar-refractivity contribution in [2.45, 2.75) is 44.9 Å². The van der Waals surface area contributed by atoms with E-state index in [1.165, 1.54) is 32.1 Å². The van der Waals surface area contributed by atoms with E-state index in [1.54, 1.807) is 0 Å². The monoisotopic (exact) mass is 198 g/mol. The highest BCUT2D eigenvalue weighted by Gasteiger charge is 2.47. The van der Waals surface area contributed by atoms with Gasteiger partial charge in [-0.3, -0.25) is 0 Å². The van der Waals surface area contributed by atoms with Gasteiger partial charge in [0.05, 0.1) is 0 Å². The molecule has 3 atom stereocenters. The second-order valence-electron chi connectivity index (χ2n) is 5.14. The van der Waals surface area contributed by atoms with Gasteiger partial charge in [-0.15, -0.1) is 0 Å². The van der Waals surface area contributed by atoms with Crippen LogP contribution < -0.4 is 0 Å². The van der Waals surface area contributed by atoms with E-state index in [4.69, 9.17) is 0 Å². The third-order valence-electron chi connectivity index (χ3n) is 4.69. The summed E-state index contributed by atoms with van der Waals surface area (Å²) in [5.41, 5.74) is 0.0885. The summed E-state index contributed by atoms with van der Waals surface area (Å²) in [6, 6.07) is 0. The second kappa shape index (κ2) is 4.19. The molecule has 0 radical (unpaired) electrons. The molecule has 2 nitrogen and oxygen atoms in total. The van der Waals surface area contributed by atoms with E-state index < -0.39 is 0 Å². The Bertz CT molecular complexity index is 182. The van der Waals surface area contributed by atoms with Gasteiger partial charge in [-0.2, -0.15) is 0 Å². The SMILES string of the molecule is OCC1CCCC2CCCCC12CO. The first-order valence-electron chi connectivity index (χ1n) is 6.05. The van der Waals surface area contributed by atoms with Gasteiger partial charge in [0.2, 0.25) is 0 Å². The van der Waals surface area contributed by atoms with Crippen molar-refractivity contribution in [2.75, 3.05) is 13.2 Å². The molecule has 2 fully saturated rings. The van der Waals surface area contributed by atoms with Crippen LogP contribution in [0.2, 0.25) is 0 Å². The molecule has 0 spiro atoms. The van der Waals surface area contributed by atoms with Crippen molar-refractivity contribution in [1.29, 1.82) is 0 Å². The number of aliphatic hydroxyl groups excluding tert-OH is 2. The molecule has 2 N–H and O–H groups in total. The zero-order chi connectivity index (χ0) is 10.0. The van der Waals surface area contributed by atoms with Crippen molar-refractivity contribution in [3.63, 3.8) is 0 Å². The fraction of sp³-hybridized carbons (Fsp3) is 1.00. The topological polar surface area (TPSA) is 40.5 Å². The zero-order valence-electron chi connectivity index (χ0n) is 8.91. The largest absolute Gasteiger partial charge is 0.396 e. The van der Waals surface area contributed by atoms with Crippen molar-refractivity contribution in [3.05, 3.63) is 0 Å². The average molecular weight is 198 g/mol. The second-order valence-corrected chi connectivity index (χ2v) is 5.14. The molecular formula is C12H22O2. The Hall–Kier alpha value is -0.0800. The molecule has 82 valence electrons. The van der Waals surface area contributed by atoms with Crippen molar-refractivity contribution in [3.8, 4) is 0 Å². The van der Waals surface area contributed by atoms with Gasteiger partial charge in [0.1, 0.15) is 0 Å². The van der Waals surface area contributed by atoms with E-state index in [0.29, 0.717) is 18.4 Å². The lowest BCUT2D eigenvalue weighted by Gasteiger charge is -2.51. The van der Waals surface area contributed by atoms with Gasteiger partial charge in [-0.25, -0.2) is 0 Å². The van der Waals surface area contributed by atoms with Gasteiger partial charge < -0.3 is 10.2 Å². The quantitative estimate of drug-likeness (QED) is 0.712. The number of fused-ring (bicyclic) bond motifs is 1. The first-order chi connectivity index (χ1) is 6.83. The molecule has 0 aliphatic heterocycles. The molecule has 0 heterocycles. The van der Waals surface area contributed by atoms with Gasteiger partial charge >= 0.3 is 0 Å². The summed E-state index contributed by atoms with van der Waals surface area (Å²) in [5, 5.41) is 19.1. The summed E-state index contributed by atoms with van der Waals surface area (Å²) in [4.78, 5) is 0. The molecule has 0 aromatic rings. The Morgan fingerprint density at radius 1 is 1.00 bits per heavy atom. The summed E-state index contributed by atoms with van der Waals surface area (Å²) >= 11 is 0. The fourth-order valence-electron chi connectivity index (χ4n) is 3.81. The van der Waals surface area contributed by atoms with Gasteiger partial charge in [-0.1, -0.05) is 19.3 Å². The molecule has 2 rings (SSSR count). The van der Waals surface area contributed by atoms with Crippen LogP contribution in [0.25, 0.3) is 0 Å². The van der Waals surface area contributed by atoms with Crippen molar-refractivity contribution >= 4 is 0 Å². The summed E-state index contributed by atoms with van der Waals surface area (Å²) in [6.45, 7) is 0.569. The van der Waals surface area contributed by atoms with Gasteiger partial charge in [0, 0.05) is 18.6 Å². The Kier molecular flexibility index (Phi) is 3.13. The van der Waals surface area contributed by atoms with Crippen LogP contribution in [-0.4, -0.2) is 23.4 Å². The number of hydrogen-bond donors (Lipinski definition) is 2. The minimum Gasteiger partial charge on any atom is -0.396 e. The van der Waals surface area contributed by atoms with Crippen LogP contribution in [0.4, 0.5) is 0 Å². The zero-order valence-corrected chi connectivity index (χ0v) is 8.91. The smallest absolute Gasteiger partial charge is 0.0493 e. The Labute approximate surface area is 86.3 Å². The molecular weight excluding hydrogens is 176 g/mol. The van der Waals surface area contributed by atoms with E-state index in [1.807, 2.05) is 0 Å². The van der Waals surface area contributed by atoms with Gasteiger partial charge in [-0.05, 0) is 37.5 Å². The lowest BCUT2D eigenvalue weighted by molar-refractivity contribution is -0.0762. The Morgan fingerprint density at radius 2 is 1.79 bits per heavy atom. The highest BCUT2D eigenvalue weighted by atomic mass is 16.3. The van der Waals surface area contributed by atoms with E-state index in [9.17, 15) is 10.2 Å².